The van der Waals surface area contributed by atoms with E-state index in [1.54, 1.807) is 24.9 Å². The van der Waals surface area contributed by atoms with E-state index in [0.717, 1.165) is 35.1 Å². The SMILES string of the molecule is CN(C(=O)CN1C(=O)N[C@@](C)(c2cc3ccccc3o2)C1=O)[C@H]1CCCc2ccccc21. The number of amides is 4. The normalized spacial score (nSPS) is 22.7. The van der Waals surface area contributed by atoms with Gasteiger partial charge in [-0.3, -0.25) is 14.5 Å². The van der Waals surface area contributed by atoms with Crippen LogP contribution in [-0.4, -0.2) is 41.2 Å². The highest BCUT2D eigenvalue weighted by Crippen LogP contribution is 2.35. The van der Waals surface area contributed by atoms with Crippen molar-refractivity contribution in [1.29, 1.82) is 0 Å². The molecule has 0 saturated carbocycles. The second kappa shape index (κ2) is 7.51. The Morgan fingerprint density at radius 1 is 1.19 bits per heavy atom. The third kappa shape index (κ3) is 3.16. The van der Waals surface area contributed by atoms with Gasteiger partial charge < -0.3 is 14.6 Å². The summed E-state index contributed by atoms with van der Waals surface area (Å²) >= 11 is 0. The van der Waals surface area contributed by atoms with Crippen LogP contribution in [0.2, 0.25) is 0 Å². The predicted octanol–water partition coefficient (Wildman–Crippen LogP) is 3.74. The molecule has 1 aromatic heterocycles. The smallest absolute Gasteiger partial charge is 0.325 e. The van der Waals surface area contributed by atoms with Crippen LogP contribution in [0, 0.1) is 0 Å². The molecule has 7 heteroatoms. The minimum Gasteiger partial charge on any atom is -0.458 e. The fourth-order valence-corrected chi connectivity index (χ4v) is 4.79. The standard InChI is InChI=1S/C25H25N3O4/c1-25(21-14-17-9-4-6-13-20(17)32-21)23(30)28(24(31)26-25)15-22(29)27(2)19-12-7-10-16-8-3-5-11-18(16)19/h3-6,8-9,11,13-14,19H,7,10,12,15H2,1-2H3,(H,26,31)/t19-,25-/m0/s1. The van der Waals surface area contributed by atoms with Crippen molar-refractivity contribution in [2.24, 2.45) is 0 Å². The Hall–Kier alpha value is -3.61. The lowest BCUT2D eigenvalue weighted by Gasteiger charge is -2.34. The molecular formula is C25H25N3O4. The number of hydrogen-bond acceptors (Lipinski definition) is 4. The zero-order valence-corrected chi connectivity index (χ0v) is 18.1. The molecule has 0 radical (unpaired) electrons. The Balaban J connectivity index is 1.36. The lowest BCUT2D eigenvalue weighted by Crippen LogP contribution is -2.44. The van der Waals surface area contributed by atoms with Crippen molar-refractivity contribution in [3.63, 3.8) is 0 Å². The summed E-state index contributed by atoms with van der Waals surface area (Å²) in [5.74, 6) is -0.419. The molecule has 4 amide bonds. The van der Waals surface area contributed by atoms with E-state index in [0.29, 0.717) is 11.3 Å². The summed E-state index contributed by atoms with van der Waals surface area (Å²) in [5.41, 5.74) is 1.66. The predicted molar refractivity (Wildman–Crippen MR) is 119 cm³/mol. The maximum absolute atomic E-state index is 13.3. The van der Waals surface area contributed by atoms with Gasteiger partial charge in [-0.05, 0) is 49.4 Å². The van der Waals surface area contributed by atoms with Gasteiger partial charge in [-0.25, -0.2) is 4.79 Å². The molecule has 32 heavy (non-hydrogen) atoms. The van der Waals surface area contributed by atoms with E-state index < -0.39 is 17.5 Å². The van der Waals surface area contributed by atoms with Crippen LogP contribution in [0.25, 0.3) is 11.0 Å². The summed E-state index contributed by atoms with van der Waals surface area (Å²) in [7, 11) is 1.74. The third-order valence-corrected chi connectivity index (χ3v) is 6.69. The highest BCUT2D eigenvalue weighted by atomic mass is 16.3. The van der Waals surface area contributed by atoms with E-state index >= 15 is 0 Å². The van der Waals surface area contributed by atoms with Crippen LogP contribution < -0.4 is 5.32 Å². The minimum atomic E-state index is -1.35. The van der Waals surface area contributed by atoms with Gasteiger partial charge in [0.2, 0.25) is 5.91 Å². The van der Waals surface area contributed by atoms with Gasteiger partial charge in [-0.1, -0.05) is 42.5 Å². The molecule has 2 heterocycles. The number of imide groups is 1. The van der Waals surface area contributed by atoms with E-state index in [1.165, 1.54) is 5.56 Å². The van der Waals surface area contributed by atoms with Gasteiger partial charge in [0, 0.05) is 12.4 Å². The first kappa shape index (κ1) is 20.3. The Labute approximate surface area is 186 Å². The number of benzene rings is 2. The number of hydrogen-bond donors (Lipinski definition) is 1. The van der Waals surface area contributed by atoms with Crippen molar-refractivity contribution in [3.05, 3.63) is 71.5 Å². The molecule has 7 nitrogen and oxygen atoms in total. The van der Waals surface area contributed by atoms with Gasteiger partial charge >= 0.3 is 6.03 Å². The second-order valence-corrected chi connectivity index (χ2v) is 8.71. The van der Waals surface area contributed by atoms with Gasteiger partial charge in [0.25, 0.3) is 5.91 Å². The first-order chi connectivity index (χ1) is 15.4. The maximum Gasteiger partial charge on any atom is 0.325 e. The number of fused-ring (bicyclic) bond motifs is 2. The zero-order valence-electron chi connectivity index (χ0n) is 18.1. The number of nitrogens with one attached hydrogen (secondary N) is 1. The Bertz CT molecular complexity index is 1200. The number of urea groups is 1. The average molecular weight is 431 g/mol. The molecule has 2 aliphatic rings. The minimum absolute atomic E-state index is 0.0602. The number of likely N-dealkylation sites (N-methyl/N-ethyl adjacent to an activating group) is 1. The molecule has 1 N–H and O–H groups in total. The highest BCUT2D eigenvalue weighted by molar-refractivity contribution is 6.09. The average Bonchev–Trinajstić information content (AvgIpc) is 3.34. The van der Waals surface area contributed by atoms with Gasteiger partial charge in [-0.15, -0.1) is 0 Å². The topological polar surface area (TPSA) is 82.9 Å². The van der Waals surface area contributed by atoms with Gasteiger partial charge in [0.15, 0.2) is 5.54 Å². The van der Waals surface area contributed by atoms with E-state index in [4.69, 9.17) is 4.42 Å². The Kier molecular flexibility index (Phi) is 4.77. The van der Waals surface area contributed by atoms with Crippen LogP contribution in [0.5, 0.6) is 0 Å². The van der Waals surface area contributed by atoms with E-state index in [1.807, 2.05) is 36.4 Å². The van der Waals surface area contributed by atoms with Crippen LogP contribution in [0.3, 0.4) is 0 Å². The maximum atomic E-state index is 13.3. The zero-order chi connectivity index (χ0) is 22.5. The molecule has 2 aromatic carbocycles. The summed E-state index contributed by atoms with van der Waals surface area (Å²) in [6.45, 7) is 1.30. The molecule has 5 rings (SSSR count). The quantitative estimate of drug-likeness (QED) is 0.638. The van der Waals surface area contributed by atoms with E-state index in [2.05, 4.69) is 17.4 Å². The molecule has 0 bridgehead atoms. The number of carbonyl (C=O) groups is 3. The van der Waals surface area contributed by atoms with Crippen molar-refractivity contribution in [1.82, 2.24) is 15.1 Å². The monoisotopic (exact) mass is 431 g/mol. The number of nitrogens with zero attached hydrogens (tertiary/aromatic N) is 2. The second-order valence-electron chi connectivity index (χ2n) is 8.71. The molecule has 2 atom stereocenters. The largest absolute Gasteiger partial charge is 0.458 e. The highest BCUT2D eigenvalue weighted by Gasteiger charge is 2.52. The van der Waals surface area contributed by atoms with Gasteiger partial charge in [0.1, 0.15) is 17.9 Å². The molecule has 3 aromatic rings. The molecule has 1 saturated heterocycles. The number of aryl methyl sites for hydroxylation is 1. The van der Waals surface area contributed by atoms with Crippen LogP contribution in [0.1, 0.15) is 42.7 Å². The fraction of sp³-hybridized carbons (Fsp3) is 0.320. The summed E-state index contributed by atoms with van der Waals surface area (Å²) < 4.78 is 5.85. The first-order valence-corrected chi connectivity index (χ1v) is 10.8. The van der Waals surface area contributed by atoms with E-state index in [-0.39, 0.29) is 18.5 Å². The van der Waals surface area contributed by atoms with Crippen LogP contribution in [0.4, 0.5) is 4.79 Å². The first-order valence-electron chi connectivity index (χ1n) is 10.8. The number of furan rings is 1. The van der Waals surface area contributed by atoms with Crippen molar-refractivity contribution in [2.75, 3.05) is 13.6 Å². The lowest BCUT2D eigenvalue weighted by atomic mass is 9.87. The van der Waals surface area contributed by atoms with Gasteiger partial charge in [-0.2, -0.15) is 0 Å². The molecular weight excluding hydrogens is 406 g/mol. The number of rotatable bonds is 4. The van der Waals surface area contributed by atoms with Crippen LogP contribution in [-0.2, 0) is 21.5 Å². The third-order valence-electron chi connectivity index (χ3n) is 6.69. The Morgan fingerprint density at radius 3 is 2.75 bits per heavy atom. The summed E-state index contributed by atoms with van der Waals surface area (Å²) in [4.78, 5) is 41.7. The van der Waals surface area contributed by atoms with Gasteiger partial charge in [0.05, 0.1) is 6.04 Å². The molecule has 0 unspecified atom stereocenters. The summed E-state index contributed by atoms with van der Waals surface area (Å²) in [6, 6.07) is 16.6. The van der Waals surface area contributed by atoms with Crippen LogP contribution in [0.15, 0.2) is 59.0 Å². The summed E-state index contributed by atoms with van der Waals surface area (Å²) in [5, 5.41) is 3.56. The van der Waals surface area contributed by atoms with Crippen molar-refractivity contribution < 1.29 is 18.8 Å². The van der Waals surface area contributed by atoms with E-state index in [9.17, 15) is 14.4 Å². The van der Waals surface area contributed by atoms with Crippen LogP contribution >= 0.6 is 0 Å². The Morgan fingerprint density at radius 2 is 1.94 bits per heavy atom. The van der Waals surface area contributed by atoms with Crippen molar-refractivity contribution >= 4 is 28.8 Å². The molecule has 1 aliphatic carbocycles. The molecule has 1 fully saturated rings. The molecule has 164 valence electrons. The molecule has 1 aliphatic heterocycles. The fourth-order valence-electron chi connectivity index (χ4n) is 4.79. The molecule has 0 spiro atoms. The van der Waals surface area contributed by atoms with Crippen molar-refractivity contribution in [2.45, 2.75) is 37.8 Å². The number of para-hydroxylation sites is 1. The summed E-state index contributed by atoms with van der Waals surface area (Å²) in [6.07, 6.45) is 2.85. The lowest BCUT2D eigenvalue weighted by molar-refractivity contribution is -0.139. The number of carbonyl (C=O) groups excluding carboxylic acids is 3. The van der Waals surface area contributed by atoms with Crippen molar-refractivity contribution in [3.8, 4) is 0 Å².